The summed E-state index contributed by atoms with van der Waals surface area (Å²) in [4.78, 5) is 2.31. The molecule has 2 heterocycles. The topological polar surface area (TPSA) is 21.3 Å². The Hall–Kier alpha value is -7.36. The van der Waals surface area contributed by atoms with Crippen LogP contribution in [0.4, 0.5) is 17.1 Å². The zero-order chi connectivity index (χ0) is 36.3. The van der Waals surface area contributed by atoms with Gasteiger partial charge in [0.15, 0.2) is 5.58 Å². The van der Waals surface area contributed by atoms with Crippen LogP contribution < -0.4 is 4.90 Å². The van der Waals surface area contributed by atoms with E-state index in [1.54, 1.807) is 0 Å². The van der Waals surface area contributed by atoms with Gasteiger partial charge >= 0.3 is 0 Å². The highest BCUT2D eigenvalue weighted by atomic mass is 16.3. The van der Waals surface area contributed by atoms with Gasteiger partial charge in [-0.15, -0.1) is 0 Å². The van der Waals surface area contributed by atoms with Gasteiger partial charge in [0, 0.05) is 38.6 Å². The molecule has 0 atom stereocenters. The molecule has 0 radical (unpaired) electrons. The van der Waals surface area contributed by atoms with Crippen molar-refractivity contribution in [3.63, 3.8) is 0 Å². The van der Waals surface area contributed by atoms with Crippen LogP contribution >= 0.6 is 0 Å². The van der Waals surface area contributed by atoms with Gasteiger partial charge in [0.2, 0.25) is 0 Å². The Kier molecular flexibility index (Phi) is 7.17. The van der Waals surface area contributed by atoms with Crippen LogP contribution in [0.5, 0.6) is 0 Å². The summed E-state index contributed by atoms with van der Waals surface area (Å²) in [6, 6.07) is 73.8. The summed E-state index contributed by atoms with van der Waals surface area (Å²) < 4.78 is 8.95. The Bertz CT molecular complexity index is 3130. The summed E-state index contributed by atoms with van der Waals surface area (Å²) in [5.74, 6) is 0. The molecule has 0 fully saturated rings. The third-order valence-corrected chi connectivity index (χ3v) is 11.0. The molecule has 0 N–H and O–H groups in total. The molecule has 0 amide bonds. The highest BCUT2D eigenvalue weighted by Gasteiger charge is 2.20. The molecule has 3 heteroatoms. The summed E-state index contributed by atoms with van der Waals surface area (Å²) in [6.07, 6.45) is 0. The smallest absolute Gasteiger partial charge is 0.159 e. The van der Waals surface area contributed by atoms with E-state index < -0.39 is 0 Å². The summed E-state index contributed by atoms with van der Waals surface area (Å²) in [5.41, 5.74) is 13.2. The van der Waals surface area contributed by atoms with Crippen molar-refractivity contribution in [2.75, 3.05) is 4.90 Å². The van der Waals surface area contributed by atoms with E-state index in [4.69, 9.17) is 4.42 Å². The molecule has 0 bridgehead atoms. The van der Waals surface area contributed by atoms with Gasteiger partial charge in [0.05, 0.1) is 16.7 Å². The Balaban J connectivity index is 0.993. The predicted molar refractivity (Wildman–Crippen MR) is 231 cm³/mol. The van der Waals surface area contributed by atoms with Crippen molar-refractivity contribution in [2.24, 2.45) is 0 Å². The molecule has 0 saturated carbocycles. The van der Waals surface area contributed by atoms with Crippen molar-refractivity contribution in [2.45, 2.75) is 0 Å². The van der Waals surface area contributed by atoms with Crippen LogP contribution in [0.1, 0.15) is 0 Å². The lowest BCUT2D eigenvalue weighted by Crippen LogP contribution is -2.10. The lowest BCUT2D eigenvalue weighted by molar-refractivity contribution is 0.669. The van der Waals surface area contributed by atoms with Gasteiger partial charge in [-0.3, -0.25) is 0 Å². The fourth-order valence-corrected chi connectivity index (χ4v) is 8.41. The van der Waals surface area contributed by atoms with E-state index >= 15 is 0 Å². The average Bonchev–Trinajstić information content (AvgIpc) is 3.81. The Morgan fingerprint density at radius 1 is 0.364 bits per heavy atom. The van der Waals surface area contributed by atoms with E-state index in [9.17, 15) is 0 Å². The van der Waals surface area contributed by atoms with E-state index in [0.717, 1.165) is 50.3 Å². The Labute approximate surface area is 318 Å². The van der Waals surface area contributed by atoms with Gasteiger partial charge in [0.25, 0.3) is 0 Å². The third kappa shape index (κ3) is 5.13. The first kappa shape index (κ1) is 31.2. The van der Waals surface area contributed by atoms with E-state index in [0.29, 0.717) is 0 Å². The Morgan fingerprint density at radius 2 is 0.873 bits per heavy atom. The third-order valence-electron chi connectivity index (χ3n) is 11.0. The number of fused-ring (bicyclic) bond motifs is 7. The van der Waals surface area contributed by atoms with E-state index in [1.165, 1.54) is 49.3 Å². The van der Waals surface area contributed by atoms with Crippen LogP contribution in [-0.4, -0.2) is 4.57 Å². The first-order valence-electron chi connectivity index (χ1n) is 18.8. The van der Waals surface area contributed by atoms with Gasteiger partial charge in [-0.05, 0) is 93.7 Å². The largest absolute Gasteiger partial charge is 0.454 e. The normalized spacial score (nSPS) is 11.6. The molecule has 9 aromatic carbocycles. The van der Waals surface area contributed by atoms with Crippen LogP contribution in [0.25, 0.3) is 82.5 Å². The number of para-hydroxylation sites is 4. The number of anilines is 3. The van der Waals surface area contributed by atoms with Gasteiger partial charge in [-0.1, -0.05) is 146 Å². The molecule has 3 nitrogen and oxygen atoms in total. The number of rotatable bonds is 6. The molecule has 0 spiro atoms. The van der Waals surface area contributed by atoms with Crippen molar-refractivity contribution >= 4 is 71.6 Å². The summed E-state index contributed by atoms with van der Waals surface area (Å²) >= 11 is 0. The summed E-state index contributed by atoms with van der Waals surface area (Å²) in [7, 11) is 0. The molecule has 0 aliphatic heterocycles. The number of nitrogens with zero attached hydrogens (tertiary/aromatic N) is 2. The van der Waals surface area contributed by atoms with E-state index in [-0.39, 0.29) is 0 Å². The predicted octanol–water partition coefficient (Wildman–Crippen LogP) is 14.6. The van der Waals surface area contributed by atoms with Crippen molar-refractivity contribution in [3.8, 4) is 27.9 Å². The fraction of sp³-hybridized carbons (Fsp3) is 0. The highest BCUT2D eigenvalue weighted by Crippen LogP contribution is 2.43. The zero-order valence-electron chi connectivity index (χ0n) is 29.9. The van der Waals surface area contributed by atoms with Crippen molar-refractivity contribution in [1.82, 2.24) is 4.57 Å². The minimum Gasteiger partial charge on any atom is -0.454 e. The maximum Gasteiger partial charge on any atom is 0.159 e. The number of hydrogen-bond donors (Lipinski definition) is 0. The number of aromatic nitrogens is 1. The first-order valence-corrected chi connectivity index (χ1v) is 18.8. The van der Waals surface area contributed by atoms with Crippen LogP contribution in [-0.2, 0) is 0 Å². The minimum absolute atomic E-state index is 0.867. The van der Waals surface area contributed by atoms with Crippen LogP contribution in [0, 0.1) is 0 Å². The molecular formula is C52H34N2O. The maximum absolute atomic E-state index is 6.59. The second kappa shape index (κ2) is 12.6. The number of furan rings is 1. The lowest BCUT2D eigenvalue weighted by Gasteiger charge is -2.26. The average molecular weight is 703 g/mol. The standard InChI is InChI=1S/C52H34N2O/c1-2-13-42-37(11-1)12-9-17-43(42)38-27-33-40(34-28-38)53(50-21-10-18-47-46-16-5-8-22-51(46)55-52(47)50)39-29-23-35(24-30-39)36-25-31-41(32-26-36)54-48-19-6-3-14-44(48)45-15-4-7-20-49(45)54/h1-34H. The molecule has 2 aromatic heterocycles. The van der Waals surface area contributed by atoms with E-state index in [2.05, 4.69) is 204 Å². The quantitative estimate of drug-likeness (QED) is 0.172. The molecule has 11 rings (SSSR count). The minimum atomic E-state index is 0.867. The van der Waals surface area contributed by atoms with Gasteiger partial charge < -0.3 is 13.9 Å². The van der Waals surface area contributed by atoms with Gasteiger partial charge in [-0.2, -0.15) is 0 Å². The zero-order valence-corrected chi connectivity index (χ0v) is 29.9. The second-order valence-electron chi connectivity index (χ2n) is 14.1. The maximum atomic E-state index is 6.59. The molecule has 55 heavy (non-hydrogen) atoms. The molecule has 258 valence electrons. The monoisotopic (exact) mass is 702 g/mol. The van der Waals surface area contributed by atoms with Crippen molar-refractivity contribution in [3.05, 3.63) is 206 Å². The van der Waals surface area contributed by atoms with Crippen LogP contribution in [0.2, 0.25) is 0 Å². The lowest BCUT2D eigenvalue weighted by atomic mass is 9.98. The van der Waals surface area contributed by atoms with Crippen molar-refractivity contribution < 1.29 is 4.42 Å². The van der Waals surface area contributed by atoms with E-state index in [1.807, 2.05) is 12.1 Å². The van der Waals surface area contributed by atoms with Gasteiger partial charge in [-0.25, -0.2) is 0 Å². The Morgan fingerprint density at radius 3 is 1.56 bits per heavy atom. The summed E-state index contributed by atoms with van der Waals surface area (Å²) in [6.45, 7) is 0. The molecule has 0 unspecified atom stereocenters. The second-order valence-corrected chi connectivity index (χ2v) is 14.1. The molecule has 11 aromatic rings. The van der Waals surface area contributed by atoms with Crippen molar-refractivity contribution in [1.29, 1.82) is 0 Å². The molecule has 0 aliphatic rings. The van der Waals surface area contributed by atoms with Gasteiger partial charge in [0.1, 0.15) is 5.58 Å². The van der Waals surface area contributed by atoms with Crippen LogP contribution in [0.15, 0.2) is 211 Å². The molecular weight excluding hydrogens is 669 g/mol. The van der Waals surface area contributed by atoms with Crippen LogP contribution in [0.3, 0.4) is 0 Å². The molecule has 0 aliphatic carbocycles. The summed E-state index contributed by atoms with van der Waals surface area (Å²) in [5, 5.41) is 7.24. The highest BCUT2D eigenvalue weighted by molar-refractivity contribution is 6.11. The first-order chi connectivity index (χ1) is 27.3. The SMILES string of the molecule is c1ccc2c(-c3ccc(N(c4ccc(-c5ccc(-n6c7ccccc7c7ccccc76)cc5)cc4)c4cccc5c4oc4ccccc45)cc3)cccc2c1. The number of benzene rings is 9. The molecule has 0 saturated heterocycles. The fourth-order valence-electron chi connectivity index (χ4n) is 8.41. The number of hydrogen-bond acceptors (Lipinski definition) is 2.